The fourth-order valence-electron chi connectivity index (χ4n) is 2.21. The Morgan fingerprint density at radius 1 is 1.36 bits per heavy atom. The molecular weight excluding hydrogens is 302 g/mol. The molecule has 22 heavy (non-hydrogen) atoms. The van der Waals surface area contributed by atoms with Crippen LogP contribution in [0, 0.1) is 0 Å². The van der Waals surface area contributed by atoms with Crippen molar-refractivity contribution >= 4 is 23.2 Å². The van der Waals surface area contributed by atoms with Crippen molar-refractivity contribution in [2.75, 3.05) is 6.54 Å². The largest absolute Gasteiger partial charge is 0.481 e. The van der Waals surface area contributed by atoms with Crippen molar-refractivity contribution in [3.05, 3.63) is 40.8 Å². The maximum absolute atomic E-state index is 12.0. The molecule has 118 valence electrons. The van der Waals surface area contributed by atoms with Gasteiger partial charge >= 0.3 is 5.97 Å². The maximum Gasteiger partial charge on any atom is 0.304 e. The van der Waals surface area contributed by atoms with Crippen LogP contribution in [0.2, 0.25) is 0 Å². The fraction of sp³-hybridized carbons (Fsp3) is 0.400. The molecule has 0 aromatic carbocycles. The molecule has 7 heteroatoms. The fourth-order valence-corrected chi connectivity index (χ4v) is 3.04. The molecule has 6 nitrogen and oxygen atoms in total. The van der Waals surface area contributed by atoms with Crippen LogP contribution in [0.3, 0.4) is 0 Å². The summed E-state index contributed by atoms with van der Waals surface area (Å²) in [5.41, 5.74) is 0. The van der Waals surface area contributed by atoms with Gasteiger partial charge in [-0.25, -0.2) is 0 Å². The average molecular weight is 321 g/mol. The van der Waals surface area contributed by atoms with E-state index in [2.05, 4.69) is 10.4 Å². The standard InChI is InChI=1S/C15H19N3O3S/c19-14(16-5-2-7-18-8-3-6-17-18)10-12(11-15(20)21)13-4-1-9-22-13/h1,3-4,6,8-9,12H,2,5,7,10-11H2,(H,16,19)(H,20,21). The number of carboxylic acids is 1. The quantitative estimate of drug-likeness (QED) is 0.693. The third-order valence-corrected chi connectivity index (χ3v) is 4.28. The van der Waals surface area contributed by atoms with Crippen LogP contribution in [0.15, 0.2) is 36.0 Å². The van der Waals surface area contributed by atoms with E-state index >= 15 is 0 Å². The van der Waals surface area contributed by atoms with Crippen LogP contribution in [0.4, 0.5) is 0 Å². The molecule has 0 aliphatic rings. The van der Waals surface area contributed by atoms with E-state index in [4.69, 9.17) is 5.11 Å². The third-order valence-electron chi connectivity index (χ3n) is 3.24. The number of thiophene rings is 1. The van der Waals surface area contributed by atoms with Crippen molar-refractivity contribution in [3.63, 3.8) is 0 Å². The molecule has 0 saturated heterocycles. The van der Waals surface area contributed by atoms with Gasteiger partial charge in [-0.05, 0) is 23.9 Å². The Morgan fingerprint density at radius 2 is 2.23 bits per heavy atom. The van der Waals surface area contributed by atoms with Crippen LogP contribution in [0.5, 0.6) is 0 Å². The number of aryl methyl sites for hydroxylation is 1. The van der Waals surface area contributed by atoms with Crippen LogP contribution in [0.1, 0.15) is 30.1 Å². The number of carboxylic acid groups (broad SMARTS) is 1. The summed E-state index contributed by atoms with van der Waals surface area (Å²) in [7, 11) is 0. The predicted octanol–water partition coefficient (Wildman–Crippen LogP) is 2.10. The van der Waals surface area contributed by atoms with Crippen molar-refractivity contribution in [1.82, 2.24) is 15.1 Å². The molecule has 0 radical (unpaired) electrons. The Labute approximate surface area is 132 Å². The highest BCUT2D eigenvalue weighted by Gasteiger charge is 2.20. The molecule has 2 aromatic heterocycles. The molecule has 0 bridgehead atoms. The molecule has 2 rings (SSSR count). The van der Waals surface area contributed by atoms with Gasteiger partial charge in [-0.1, -0.05) is 6.07 Å². The third kappa shape index (κ3) is 5.33. The monoisotopic (exact) mass is 321 g/mol. The molecule has 0 spiro atoms. The van der Waals surface area contributed by atoms with Crippen molar-refractivity contribution in [2.24, 2.45) is 0 Å². The van der Waals surface area contributed by atoms with Crippen LogP contribution < -0.4 is 5.32 Å². The van der Waals surface area contributed by atoms with E-state index in [0.29, 0.717) is 6.54 Å². The lowest BCUT2D eigenvalue weighted by atomic mass is 9.99. The molecule has 0 saturated carbocycles. The summed E-state index contributed by atoms with van der Waals surface area (Å²) in [5, 5.41) is 17.8. The van der Waals surface area contributed by atoms with Gasteiger partial charge in [-0.2, -0.15) is 5.10 Å². The van der Waals surface area contributed by atoms with Gasteiger partial charge in [0.2, 0.25) is 5.91 Å². The highest BCUT2D eigenvalue weighted by atomic mass is 32.1. The minimum atomic E-state index is -0.884. The molecule has 0 fully saturated rings. The van der Waals surface area contributed by atoms with E-state index in [-0.39, 0.29) is 24.7 Å². The van der Waals surface area contributed by atoms with Gasteiger partial charge in [-0.15, -0.1) is 11.3 Å². The van der Waals surface area contributed by atoms with E-state index in [9.17, 15) is 9.59 Å². The zero-order valence-electron chi connectivity index (χ0n) is 12.1. The lowest BCUT2D eigenvalue weighted by molar-refractivity contribution is -0.137. The summed E-state index contributed by atoms with van der Waals surface area (Å²) in [6.07, 6.45) is 4.56. The number of carbonyl (C=O) groups excluding carboxylic acids is 1. The summed E-state index contributed by atoms with van der Waals surface area (Å²) >= 11 is 1.49. The normalized spacial score (nSPS) is 12.0. The number of rotatable bonds is 9. The van der Waals surface area contributed by atoms with Gasteiger partial charge < -0.3 is 10.4 Å². The van der Waals surface area contributed by atoms with E-state index in [1.807, 2.05) is 34.5 Å². The molecule has 1 amide bonds. The molecule has 2 aromatic rings. The van der Waals surface area contributed by atoms with Crippen LogP contribution in [-0.4, -0.2) is 33.3 Å². The van der Waals surface area contributed by atoms with E-state index in [1.165, 1.54) is 11.3 Å². The Hall–Kier alpha value is -2.15. The number of hydrogen-bond donors (Lipinski definition) is 2. The second-order valence-corrected chi connectivity index (χ2v) is 5.97. The minimum Gasteiger partial charge on any atom is -0.481 e. The summed E-state index contributed by atoms with van der Waals surface area (Å²) in [5.74, 6) is -1.26. The number of aliphatic carboxylic acids is 1. The number of aromatic nitrogens is 2. The van der Waals surface area contributed by atoms with Gasteiger partial charge in [0.05, 0.1) is 6.42 Å². The first kappa shape index (κ1) is 16.2. The number of nitrogens with zero attached hydrogens (tertiary/aromatic N) is 2. The highest BCUT2D eigenvalue weighted by Crippen LogP contribution is 2.27. The topological polar surface area (TPSA) is 84.2 Å². The molecule has 0 aliphatic heterocycles. The SMILES string of the molecule is O=C(O)CC(CC(=O)NCCCn1cccn1)c1cccs1. The number of hydrogen-bond acceptors (Lipinski definition) is 4. The highest BCUT2D eigenvalue weighted by molar-refractivity contribution is 7.10. The van der Waals surface area contributed by atoms with E-state index in [1.54, 1.807) is 6.20 Å². The number of nitrogens with one attached hydrogen (secondary N) is 1. The van der Waals surface area contributed by atoms with Gasteiger partial charge in [0.25, 0.3) is 0 Å². The number of carbonyl (C=O) groups is 2. The van der Waals surface area contributed by atoms with Gasteiger partial charge in [0, 0.05) is 42.7 Å². The van der Waals surface area contributed by atoms with E-state index in [0.717, 1.165) is 17.8 Å². The van der Waals surface area contributed by atoms with Crippen LogP contribution >= 0.6 is 11.3 Å². The molecular formula is C15H19N3O3S. The molecule has 1 atom stereocenters. The smallest absolute Gasteiger partial charge is 0.304 e. The Bertz CT molecular complexity index is 581. The summed E-state index contributed by atoms with van der Waals surface area (Å²) in [6.45, 7) is 1.31. The van der Waals surface area contributed by atoms with Crippen LogP contribution in [-0.2, 0) is 16.1 Å². The minimum absolute atomic E-state index is 0.0266. The number of amides is 1. The first-order chi connectivity index (χ1) is 10.6. The molecule has 2 N–H and O–H groups in total. The van der Waals surface area contributed by atoms with Gasteiger partial charge in [0.15, 0.2) is 0 Å². The van der Waals surface area contributed by atoms with Crippen molar-refractivity contribution in [2.45, 2.75) is 31.7 Å². The Morgan fingerprint density at radius 3 is 2.86 bits per heavy atom. The lowest BCUT2D eigenvalue weighted by Crippen LogP contribution is -2.27. The Balaban J connectivity index is 1.74. The Kier molecular flexibility index (Phi) is 6.14. The zero-order chi connectivity index (χ0) is 15.8. The van der Waals surface area contributed by atoms with Crippen molar-refractivity contribution < 1.29 is 14.7 Å². The summed E-state index contributed by atoms with van der Waals surface area (Å²) < 4.78 is 1.81. The van der Waals surface area contributed by atoms with Crippen molar-refractivity contribution in [3.8, 4) is 0 Å². The summed E-state index contributed by atoms with van der Waals surface area (Å²) in [4.78, 5) is 23.8. The van der Waals surface area contributed by atoms with Gasteiger partial charge in [0.1, 0.15) is 0 Å². The van der Waals surface area contributed by atoms with E-state index < -0.39 is 5.97 Å². The average Bonchev–Trinajstić information content (AvgIpc) is 3.15. The van der Waals surface area contributed by atoms with Crippen LogP contribution in [0.25, 0.3) is 0 Å². The first-order valence-corrected chi connectivity index (χ1v) is 8.02. The molecule has 2 heterocycles. The van der Waals surface area contributed by atoms with Gasteiger partial charge in [-0.3, -0.25) is 14.3 Å². The second kappa shape index (κ2) is 8.33. The summed E-state index contributed by atoms with van der Waals surface area (Å²) in [6, 6.07) is 5.61. The molecule has 1 unspecified atom stereocenters. The van der Waals surface area contributed by atoms with Crippen molar-refractivity contribution in [1.29, 1.82) is 0 Å². The predicted molar refractivity (Wildman–Crippen MR) is 83.8 cm³/mol. The first-order valence-electron chi connectivity index (χ1n) is 7.14. The second-order valence-electron chi connectivity index (χ2n) is 4.99. The molecule has 0 aliphatic carbocycles. The zero-order valence-corrected chi connectivity index (χ0v) is 13.0. The maximum atomic E-state index is 12.0. The lowest BCUT2D eigenvalue weighted by Gasteiger charge is -2.13.